The summed E-state index contributed by atoms with van der Waals surface area (Å²) in [4.78, 5) is 0. The topological polar surface area (TPSA) is 20.2 Å². The van der Waals surface area contributed by atoms with Gasteiger partial charge in [-0.2, -0.15) is 0 Å². The second-order valence-corrected chi connectivity index (χ2v) is 13.3. The molecule has 0 spiro atoms. The van der Waals surface area contributed by atoms with E-state index < -0.39 is 0 Å². The van der Waals surface area contributed by atoms with Crippen molar-refractivity contribution in [3.05, 3.63) is 152 Å². The molecule has 0 bridgehead atoms. The molecule has 0 saturated carbocycles. The monoisotopic (exact) mass is 594 g/mol. The molecule has 11 aromatic rings. The summed E-state index contributed by atoms with van der Waals surface area (Å²) < 4.78 is 0. The zero-order valence-corrected chi connectivity index (χ0v) is 25.4. The molecule has 1 nitrogen and oxygen atoms in total. The Balaban J connectivity index is 1.14. The molecule has 1 heteroatoms. The van der Waals surface area contributed by atoms with Gasteiger partial charge in [0, 0.05) is 5.39 Å². The molecule has 0 aromatic heterocycles. The first-order chi connectivity index (χ1) is 23.1. The molecule has 0 unspecified atom stereocenters. The van der Waals surface area contributed by atoms with Crippen molar-refractivity contribution >= 4 is 108 Å². The van der Waals surface area contributed by atoms with Crippen LogP contribution in [0.3, 0.4) is 0 Å². The Morgan fingerprint density at radius 3 is 0.830 bits per heavy atom. The molecule has 0 fully saturated rings. The highest BCUT2D eigenvalue weighted by Crippen LogP contribution is 2.40. The Bertz CT molecular complexity index is 3190. The first kappa shape index (κ1) is 25.1. The van der Waals surface area contributed by atoms with Gasteiger partial charge >= 0.3 is 0 Å². The Morgan fingerprint density at radius 2 is 0.468 bits per heavy atom. The van der Waals surface area contributed by atoms with Crippen molar-refractivity contribution in [2.75, 3.05) is 0 Å². The second-order valence-electron chi connectivity index (χ2n) is 13.3. The van der Waals surface area contributed by atoms with Crippen LogP contribution in [0.1, 0.15) is 0 Å². The van der Waals surface area contributed by atoms with E-state index in [1.54, 1.807) is 0 Å². The molecule has 216 valence electrons. The number of phenols is 1. The van der Waals surface area contributed by atoms with Crippen molar-refractivity contribution < 1.29 is 5.11 Å². The van der Waals surface area contributed by atoms with Crippen LogP contribution in [0.15, 0.2) is 152 Å². The highest BCUT2D eigenvalue weighted by Gasteiger charge is 2.12. The van der Waals surface area contributed by atoms with E-state index in [0.717, 1.165) is 26.9 Å². The predicted octanol–water partition coefficient (Wildman–Crippen LogP) is 12.9. The summed E-state index contributed by atoms with van der Waals surface area (Å²) in [6, 6.07) is 55.6. The standard InChI is InChI=1S/C46H26O/c47-46-25-42-21-38-17-34-13-30-9-26-5-1-2-6-27(26)10-31(30)14-35(34)18-39(38)22-43(42)44-23-40-19-36-15-32-11-28-7-3-4-8-29(28)12-33(32)16-37(36)20-41(40)24-45(44)46/h1-25,47H. The Hall–Kier alpha value is -6.18. The lowest BCUT2D eigenvalue weighted by Gasteiger charge is -2.12. The molecule has 0 heterocycles. The van der Waals surface area contributed by atoms with Crippen LogP contribution in [0.4, 0.5) is 0 Å². The molecule has 0 amide bonds. The first-order valence-electron chi connectivity index (χ1n) is 16.2. The lowest BCUT2D eigenvalue weighted by molar-refractivity contribution is 0.482. The lowest BCUT2D eigenvalue weighted by atomic mass is 9.92. The van der Waals surface area contributed by atoms with Crippen molar-refractivity contribution in [3.8, 4) is 5.75 Å². The summed E-state index contributed by atoms with van der Waals surface area (Å²) in [6.07, 6.45) is 0. The van der Waals surface area contributed by atoms with Gasteiger partial charge in [-0.15, -0.1) is 0 Å². The molecule has 11 aromatic carbocycles. The first-order valence-corrected chi connectivity index (χ1v) is 16.2. The van der Waals surface area contributed by atoms with Crippen LogP contribution >= 0.6 is 0 Å². The van der Waals surface area contributed by atoms with Crippen molar-refractivity contribution in [1.82, 2.24) is 0 Å². The molecular weight excluding hydrogens is 569 g/mol. The number of hydrogen-bond acceptors (Lipinski definition) is 1. The van der Waals surface area contributed by atoms with Gasteiger partial charge in [0.15, 0.2) is 0 Å². The van der Waals surface area contributed by atoms with Crippen molar-refractivity contribution in [2.45, 2.75) is 0 Å². The summed E-state index contributed by atoms with van der Waals surface area (Å²) in [5, 5.41) is 35.1. The number of phenolic OH excluding ortho intramolecular Hbond substituents is 1. The van der Waals surface area contributed by atoms with Gasteiger partial charge in [-0.1, -0.05) is 48.5 Å². The summed E-state index contributed by atoms with van der Waals surface area (Å²) in [5.41, 5.74) is 0. The van der Waals surface area contributed by atoms with E-state index >= 15 is 0 Å². The zero-order chi connectivity index (χ0) is 30.8. The summed E-state index contributed by atoms with van der Waals surface area (Å²) in [5.74, 6) is 0.317. The minimum Gasteiger partial charge on any atom is -0.507 e. The Morgan fingerprint density at radius 1 is 0.213 bits per heavy atom. The van der Waals surface area contributed by atoms with Crippen molar-refractivity contribution in [1.29, 1.82) is 0 Å². The summed E-state index contributed by atoms with van der Waals surface area (Å²) >= 11 is 0. The van der Waals surface area contributed by atoms with E-state index in [2.05, 4.69) is 146 Å². The fourth-order valence-electron chi connectivity index (χ4n) is 8.02. The maximum atomic E-state index is 11.3. The minimum absolute atomic E-state index is 0.317. The van der Waals surface area contributed by atoms with Gasteiger partial charge in [0.1, 0.15) is 5.75 Å². The molecular formula is C46H26O. The van der Waals surface area contributed by atoms with Gasteiger partial charge < -0.3 is 5.11 Å². The van der Waals surface area contributed by atoms with E-state index in [1.807, 2.05) is 6.07 Å². The average molecular weight is 595 g/mol. The van der Waals surface area contributed by atoms with Gasteiger partial charge in [0.25, 0.3) is 0 Å². The van der Waals surface area contributed by atoms with Gasteiger partial charge in [-0.25, -0.2) is 0 Å². The van der Waals surface area contributed by atoms with Gasteiger partial charge in [-0.05, 0) is 205 Å². The molecule has 47 heavy (non-hydrogen) atoms. The predicted molar refractivity (Wildman–Crippen MR) is 203 cm³/mol. The number of aromatic hydroxyl groups is 1. The largest absolute Gasteiger partial charge is 0.507 e. The molecule has 0 aliphatic carbocycles. The van der Waals surface area contributed by atoms with Crippen LogP contribution in [-0.4, -0.2) is 5.11 Å². The maximum absolute atomic E-state index is 11.3. The second kappa shape index (κ2) is 8.96. The van der Waals surface area contributed by atoms with Crippen LogP contribution in [0.25, 0.3) is 108 Å². The average Bonchev–Trinajstić information content (AvgIpc) is 3.08. The smallest absolute Gasteiger partial charge is 0.124 e. The maximum Gasteiger partial charge on any atom is 0.124 e. The molecule has 11 rings (SSSR count). The van der Waals surface area contributed by atoms with E-state index in [-0.39, 0.29) is 0 Å². The van der Waals surface area contributed by atoms with Crippen LogP contribution < -0.4 is 0 Å². The number of fused-ring (bicyclic) bond motifs is 11. The molecule has 0 atom stereocenters. The summed E-state index contributed by atoms with van der Waals surface area (Å²) in [7, 11) is 0. The van der Waals surface area contributed by atoms with Crippen molar-refractivity contribution in [2.24, 2.45) is 0 Å². The third kappa shape index (κ3) is 3.72. The van der Waals surface area contributed by atoms with Gasteiger partial charge in [0.2, 0.25) is 0 Å². The molecule has 1 N–H and O–H groups in total. The third-order valence-corrected chi connectivity index (χ3v) is 10.4. The highest BCUT2D eigenvalue weighted by atomic mass is 16.3. The van der Waals surface area contributed by atoms with Crippen LogP contribution in [-0.2, 0) is 0 Å². The SMILES string of the molecule is Oc1cc2cc3cc4cc5cc6ccccc6cc5cc4cc3cc2c2cc3cc4cc5cc6ccccc6cc5cc4cc3cc12. The van der Waals surface area contributed by atoms with E-state index in [4.69, 9.17) is 0 Å². The number of rotatable bonds is 0. The van der Waals surface area contributed by atoms with E-state index in [0.29, 0.717) is 5.75 Å². The van der Waals surface area contributed by atoms with Gasteiger partial charge in [0.05, 0.1) is 0 Å². The van der Waals surface area contributed by atoms with E-state index in [1.165, 1.54) is 80.8 Å². The number of benzene rings is 11. The minimum atomic E-state index is 0.317. The van der Waals surface area contributed by atoms with Crippen LogP contribution in [0.2, 0.25) is 0 Å². The third-order valence-electron chi connectivity index (χ3n) is 10.4. The lowest BCUT2D eigenvalue weighted by Crippen LogP contribution is -1.85. The fraction of sp³-hybridized carbons (Fsp3) is 0. The zero-order valence-electron chi connectivity index (χ0n) is 25.4. The Labute approximate surface area is 269 Å². The van der Waals surface area contributed by atoms with Crippen LogP contribution in [0, 0.1) is 0 Å². The van der Waals surface area contributed by atoms with Crippen molar-refractivity contribution in [3.63, 3.8) is 0 Å². The number of hydrogen-bond donors (Lipinski definition) is 1. The summed E-state index contributed by atoms with van der Waals surface area (Å²) in [6.45, 7) is 0. The molecule has 0 saturated heterocycles. The quantitative estimate of drug-likeness (QED) is 0.137. The Kier molecular flexibility index (Phi) is 4.78. The molecule has 0 radical (unpaired) electrons. The van der Waals surface area contributed by atoms with E-state index in [9.17, 15) is 5.11 Å². The molecule has 0 aliphatic heterocycles. The molecule has 0 aliphatic rings. The van der Waals surface area contributed by atoms with Crippen LogP contribution in [0.5, 0.6) is 5.75 Å². The fourth-order valence-corrected chi connectivity index (χ4v) is 8.02. The normalized spacial score (nSPS) is 12.3. The highest BCUT2D eigenvalue weighted by molar-refractivity contribution is 6.20. The van der Waals surface area contributed by atoms with Gasteiger partial charge in [-0.3, -0.25) is 0 Å².